The van der Waals surface area contributed by atoms with Crippen LogP contribution in [0.2, 0.25) is 0 Å². The molecule has 0 aromatic rings. The number of nitrogens with zero attached hydrogens (tertiary/aromatic N) is 1. The average molecular weight is 242 g/mol. The Balaban J connectivity index is 2.73. The maximum Gasteiger partial charge on any atom is 0.0594 e. The first-order valence-corrected chi connectivity index (χ1v) is 7.10. The van der Waals surface area contributed by atoms with Crippen LogP contribution in [0.25, 0.3) is 0 Å². The minimum absolute atomic E-state index is 0.204. The second kappa shape index (κ2) is 6.72. The number of ether oxygens (including phenoxy) is 1. The fourth-order valence-corrected chi connectivity index (χ4v) is 2.94. The molecule has 1 N–H and O–H groups in total. The lowest BCUT2D eigenvalue weighted by atomic mass is 9.82. The molecule has 0 radical (unpaired) electrons. The second-order valence-electron chi connectivity index (χ2n) is 5.67. The van der Waals surface area contributed by atoms with Gasteiger partial charge in [0.1, 0.15) is 0 Å². The summed E-state index contributed by atoms with van der Waals surface area (Å²) in [6, 6.07) is 0.551. The van der Waals surface area contributed by atoms with Crippen molar-refractivity contribution in [3.05, 3.63) is 0 Å². The molecule has 2 atom stereocenters. The van der Waals surface area contributed by atoms with E-state index in [9.17, 15) is 0 Å². The van der Waals surface area contributed by atoms with Crippen LogP contribution in [-0.4, -0.2) is 49.3 Å². The Labute approximate surface area is 107 Å². The molecule has 0 bridgehead atoms. The van der Waals surface area contributed by atoms with E-state index in [0.717, 1.165) is 32.8 Å². The van der Waals surface area contributed by atoms with Gasteiger partial charge in [0.25, 0.3) is 0 Å². The molecular weight excluding hydrogens is 212 g/mol. The molecule has 1 saturated heterocycles. The monoisotopic (exact) mass is 242 g/mol. The normalized spacial score (nSPS) is 22.4. The van der Waals surface area contributed by atoms with Gasteiger partial charge in [-0.3, -0.25) is 4.90 Å². The van der Waals surface area contributed by atoms with Crippen LogP contribution in [0.4, 0.5) is 0 Å². The molecule has 17 heavy (non-hydrogen) atoms. The molecule has 1 rings (SSSR count). The van der Waals surface area contributed by atoms with Crippen molar-refractivity contribution in [3.63, 3.8) is 0 Å². The van der Waals surface area contributed by atoms with Crippen LogP contribution >= 0.6 is 0 Å². The van der Waals surface area contributed by atoms with E-state index in [-0.39, 0.29) is 5.54 Å². The largest absolute Gasteiger partial charge is 0.379 e. The molecule has 102 valence electrons. The highest BCUT2D eigenvalue weighted by atomic mass is 16.5. The average Bonchev–Trinajstić information content (AvgIpc) is 2.36. The van der Waals surface area contributed by atoms with Crippen LogP contribution in [-0.2, 0) is 4.74 Å². The van der Waals surface area contributed by atoms with E-state index in [1.165, 1.54) is 6.42 Å². The van der Waals surface area contributed by atoms with Crippen LogP contribution < -0.4 is 5.32 Å². The summed E-state index contributed by atoms with van der Waals surface area (Å²) < 4.78 is 5.46. The maximum absolute atomic E-state index is 5.46. The van der Waals surface area contributed by atoms with Gasteiger partial charge >= 0.3 is 0 Å². The van der Waals surface area contributed by atoms with Crippen LogP contribution in [0.15, 0.2) is 0 Å². The lowest BCUT2D eigenvalue weighted by Crippen LogP contribution is -2.62. The lowest BCUT2D eigenvalue weighted by molar-refractivity contribution is -0.0305. The van der Waals surface area contributed by atoms with Gasteiger partial charge in [-0.15, -0.1) is 0 Å². The zero-order chi connectivity index (χ0) is 12.9. The predicted octanol–water partition coefficient (Wildman–Crippen LogP) is 2.12. The van der Waals surface area contributed by atoms with Gasteiger partial charge in [0.15, 0.2) is 0 Å². The van der Waals surface area contributed by atoms with Crippen LogP contribution in [0.1, 0.15) is 41.0 Å². The third-order valence-electron chi connectivity index (χ3n) is 4.22. The number of likely N-dealkylation sites (N-methyl/N-ethyl adjacent to an activating group) is 1. The van der Waals surface area contributed by atoms with Crippen molar-refractivity contribution in [2.75, 3.05) is 32.8 Å². The Kier molecular flexibility index (Phi) is 5.90. The quantitative estimate of drug-likeness (QED) is 0.772. The Morgan fingerprint density at radius 2 is 1.82 bits per heavy atom. The first-order chi connectivity index (χ1) is 8.04. The van der Waals surface area contributed by atoms with Crippen molar-refractivity contribution in [1.29, 1.82) is 0 Å². The lowest BCUT2D eigenvalue weighted by Gasteiger charge is -2.48. The molecule has 1 aliphatic heterocycles. The highest BCUT2D eigenvalue weighted by Crippen LogP contribution is 2.26. The van der Waals surface area contributed by atoms with Gasteiger partial charge in [-0.05, 0) is 26.3 Å². The van der Waals surface area contributed by atoms with Crippen molar-refractivity contribution >= 4 is 0 Å². The Hall–Kier alpha value is -0.120. The van der Waals surface area contributed by atoms with Gasteiger partial charge in [0.2, 0.25) is 0 Å². The summed E-state index contributed by atoms with van der Waals surface area (Å²) in [5, 5.41) is 3.69. The van der Waals surface area contributed by atoms with E-state index >= 15 is 0 Å². The van der Waals surface area contributed by atoms with Gasteiger partial charge in [-0.1, -0.05) is 27.2 Å². The highest BCUT2D eigenvalue weighted by Gasteiger charge is 2.37. The summed E-state index contributed by atoms with van der Waals surface area (Å²) in [4.78, 5) is 2.58. The smallest absolute Gasteiger partial charge is 0.0594 e. The van der Waals surface area contributed by atoms with E-state index < -0.39 is 0 Å². The molecule has 0 spiro atoms. The molecule has 0 aromatic heterocycles. The first-order valence-electron chi connectivity index (χ1n) is 7.10. The topological polar surface area (TPSA) is 24.5 Å². The van der Waals surface area contributed by atoms with E-state index in [4.69, 9.17) is 4.74 Å². The van der Waals surface area contributed by atoms with Gasteiger partial charge in [0, 0.05) is 24.7 Å². The zero-order valence-corrected chi connectivity index (χ0v) is 12.3. The van der Waals surface area contributed by atoms with Crippen molar-refractivity contribution < 1.29 is 4.74 Å². The van der Waals surface area contributed by atoms with Crippen molar-refractivity contribution in [1.82, 2.24) is 10.2 Å². The SMILES string of the molecule is CCNC(C(C)CC)C(C)(C)N1CCOCC1. The van der Waals surface area contributed by atoms with Crippen molar-refractivity contribution in [2.45, 2.75) is 52.6 Å². The number of hydrogen-bond donors (Lipinski definition) is 1. The number of hydrogen-bond acceptors (Lipinski definition) is 3. The molecule has 0 aromatic carbocycles. The summed E-state index contributed by atoms with van der Waals surface area (Å²) in [5.74, 6) is 0.702. The number of rotatable bonds is 6. The standard InChI is InChI=1S/C14H30N2O/c1-6-12(3)13(15-7-2)14(4,5)16-8-10-17-11-9-16/h12-13,15H,6-11H2,1-5H3. The van der Waals surface area contributed by atoms with Gasteiger partial charge in [-0.2, -0.15) is 0 Å². The molecule has 3 nitrogen and oxygen atoms in total. The zero-order valence-electron chi connectivity index (χ0n) is 12.3. The van der Waals surface area contributed by atoms with Gasteiger partial charge in [-0.25, -0.2) is 0 Å². The Bertz CT molecular complexity index is 212. The molecular formula is C14H30N2O. The maximum atomic E-state index is 5.46. The number of nitrogens with one attached hydrogen (secondary N) is 1. The predicted molar refractivity (Wildman–Crippen MR) is 73.4 cm³/mol. The van der Waals surface area contributed by atoms with Crippen LogP contribution in [0, 0.1) is 5.92 Å². The summed E-state index contributed by atoms with van der Waals surface area (Å²) in [7, 11) is 0. The molecule has 3 heteroatoms. The van der Waals surface area contributed by atoms with E-state index in [0.29, 0.717) is 12.0 Å². The van der Waals surface area contributed by atoms with E-state index in [1.807, 2.05) is 0 Å². The Morgan fingerprint density at radius 3 is 2.29 bits per heavy atom. The third-order valence-corrected chi connectivity index (χ3v) is 4.22. The minimum atomic E-state index is 0.204. The third kappa shape index (κ3) is 3.67. The van der Waals surface area contributed by atoms with Crippen molar-refractivity contribution in [2.24, 2.45) is 5.92 Å². The molecule has 0 aliphatic carbocycles. The first kappa shape index (κ1) is 14.9. The molecule has 1 aliphatic rings. The van der Waals surface area contributed by atoms with E-state index in [1.54, 1.807) is 0 Å². The van der Waals surface area contributed by atoms with Crippen LogP contribution in [0.3, 0.4) is 0 Å². The molecule has 0 amide bonds. The van der Waals surface area contributed by atoms with Crippen molar-refractivity contribution in [3.8, 4) is 0 Å². The molecule has 2 unspecified atom stereocenters. The second-order valence-corrected chi connectivity index (χ2v) is 5.67. The summed E-state index contributed by atoms with van der Waals surface area (Å²) in [6.45, 7) is 16.5. The van der Waals surface area contributed by atoms with Gasteiger partial charge < -0.3 is 10.1 Å². The minimum Gasteiger partial charge on any atom is -0.379 e. The van der Waals surface area contributed by atoms with E-state index in [2.05, 4.69) is 44.8 Å². The van der Waals surface area contributed by atoms with Crippen LogP contribution in [0.5, 0.6) is 0 Å². The highest BCUT2D eigenvalue weighted by molar-refractivity contribution is 4.96. The molecule has 1 heterocycles. The number of morpholine rings is 1. The van der Waals surface area contributed by atoms with Gasteiger partial charge in [0.05, 0.1) is 13.2 Å². The summed E-state index contributed by atoms with van der Waals surface area (Å²) in [5.41, 5.74) is 0.204. The molecule has 0 saturated carbocycles. The fraction of sp³-hybridized carbons (Fsp3) is 1.00. The Morgan fingerprint density at radius 1 is 1.24 bits per heavy atom. The molecule has 1 fully saturated rings. The fourth-order valence-electron chi connectivity index (χ4n) is 2.94. The summed E-state index contributed by atoms with van der Waals surface area (Å²) in [6.07, 6.45) is 1.23. The summed E-state index contributed by atoms with van der Waals surface area (Å²) >= 11 is 0.